The monoisotopic (exact) mass is 481 g/mol. The van der Waals surface area contributed by atoms with Crippen molar-refractivity contribution in [3.05, 3.63) is 30.1 Å². The Balaban J connectivity index is 1.12. The van der Waals surface area contributed by atoms with Crippen LogP contribution in [0.5, 0.6) is 0 Å². The fourth-order valence-corrected chi connectivity index (χ4v) is 5.35. The molecule has 3 fully saturated rings. The molecule has 2 aromatic rings. The van der Waals surface area contributed by atoms with Crippen molar-refractivity contribution >= 4 is 23.4 Å². The molecule has 0 spiro atoms. The van der Waals surface area contributed by atoms with Gasteiger partial charge in [0.25, 0.3) is 0 Å². The molecule has 0 radical (unpaired) electrons. The number of rotatable bonds is 5. The number of pyridine rings is 1. The third-order valence-corrected chi connectivity index (χ3v) is 7.23. The Morgan fingerprint density at radius 1 is 1.17 bits per heavy atom. The van der Waals surface area contributed by atoms with Gasteiger partial charge in [0.05, 0.1) is 12.3 Å². The summed E-state index contributed by atoms with van der Waals surface area (Å²) < 4.78 is 22.3. The van der Waals surface area contributed by atoms with E-state index in [-0.39, 0.29) is 18.9 Å². The highest BCUT2D eigenvalue weighted by atomic mass is 19.1. The van der Waals surface area contributed by atoms with E-state index < -0.39 is 18.3 Å². The van der Waals surface area contributed by atoms with Gasteiger partial charge in [-0.3, -0.25) is 24.3 Å². The van der Waals surface area contributed by atoms with Crippen LogP contribution in [0.25, 0.3) is 5.65 Å². The maximum Gasteiger partial charge on any atom is 0.329 e. The van der Waals surface area contributed by atoms with Crippen LogP contribution < -0.4 is 10.2 Å². The molecule has 3 amide bonds. The standard InChI is InChI=1S/C26H32FN5O3/c27-21-18-30(17-20-5-2-1-3-6-20)11-9-22(21)35-14-4-7-19-8-12-31-23(15-19)28-16-25(31)32-13-10-24(33)29-26(32)34/h8,12,15-16,20-22H,1-3,5-6,9-11,13-14,17-18H2,(H,29,33,34)/t21-,22+/m1/s1. The van der Waals surface area contributed by atoms with Crippen LogP contribution in [-0.2, 0) is 9.53 Å². The van der Waals surface area contributed by atoms with Crippen LogP contribution in [-0.4, -0.2) is 71.3 Å². The molecular weight excluding hydrogens is 449 g/mol. The molecule has 4 heterocycles. The largest absolute Gasteiger partial charge is 0.362 e. The topological polar surface area (TPSA) is 79.2 Å². The molecule has 0 unspecified atom stereocenters. The summed E-state index contributed by atoms with van der Waals surface area (Å²) >= 11 is 0. The maximum absolute atomic E-state index is 14.7. The van der Waals surface area contributed by atoms with E-state index in [4.69, 9.17) is 4.74 Å². The zero-order chi connectivity index (χ0) is 24.2. The molecule has 3 aliphatic rings. The van der Waals surface area contributed by atoms with Crippen molar-refractivity contribution in [3.8, 4) is 11.8 Å². The van der Waals surface area contributed by atoms with Gasteiger partial charge in [0.15, 0.2) is 0 Å². The molecule has 0 bridgehead atoms. The molecule has 9 heteroatoms. The van der Waals surface area contributed by atoms with Crippen molar-refractivity contribution in [1.82, 2.24) is 19.6 Å². The summed E-state index contributed by atoms with van der Waals surface area (Å²) in [5, 5.41) is 2.32. The first-order chi connectivity index (χ1) is 17.1. The normalized spacial score (nSPS) is 24.3. The first-order valence-electron chi connectivity index (χ1n) is 12.6. The molecule has 1 aliphatic carbocycles. The average molecular weight is 482 g/mol. The Morgan fingerprint density at radius 2 is 2.03 bits per heavy atom. The van der Waals surface area contributed by atoms with Crippen molar-refractivity contribution in [2.75, 3.05) is 37.7 Å². The summed E-state index contributed by atoms with van der Waals surface area (Å²) in [6.07, 6.45) is 9.52. The lowest BCUT2D eigenvalue weighted by molar-refractivity contribution is -0.120. The van der Waals surface area contributed by atoms with Gasteiger partial charge in [-0.2, -0.15) is 0 Å². The van der Waals surface area contributed by atoms with Gasteiger partial charge < -0.3 is 4.74 Å². The second kappa shape index (κ2) is 10.8. The minimum Gasteiger partial charge on any atom is -0.362 e. The van der Waals surface area contributed by atoms with Crippen molar-refractivity contribution in [3.63, 3.8) is 0 Å². The number of hydrogen-bond acceptors (Lipinski definition) is 5. The number of imidazole rings is 1. The average Bonchev–Trinajstić information content (AvgIpc) is 3.27. The van der Waals surface area contributed by atoms with Gasteiger partial charge in [0, 0.05) is 44.4 Å². The molecule has 1 saturated carbocycles. The number of carbonyl (C=O) groups is 2. The number of piperidine rings is 1. The first kappa shape index (κ1) is 23.8. The van der Waals surface area contributed by atoms with Crippen LogP contribution in [0.1, 0.15) is 50.5 Å². The van der Waals surface area contributed by atoms with Crippen LogP contribution in [0, 0.1) is 17.8 Å². The summed E-state index contributed by atoms with van der Waals surface area (Å²) in [7, 11) is 0. The van der Waals surface area contributed by atoms with Crippen LogP contribution in [0.3, 0.4) is 0 Å². The van der Waals surface area contributed by atoms with Crippen molar-refractivity contribution < 1.29 is 18.7 Å². The second-order valence-electron chi connectivity index (χ2n) is 9.73. The number of ether oxygens (including phenoxy) is 1. The summed E-state index contributed by atoms with van der Waals surface area (Å²) in [4.78, 5) is 31.7. The molecule has 2 atom stereocenters. The van der Waals surface area contributed by atoms with Gasteiger partial charge in [-0.25, -0.2) is 14.2 Å². The van der Waals surface area contributed by atoms with Crippen LogP contribution >= 0.6 is 0 Å². The highest BCUT2D eigenvalue weighted by Gasteiger charge is 2.31. The molecule has 2 aliphatic heterocycles. The smallest absolute Gasteiger partial charge is 0.329 e. The van der Waals surface area contributed by atoms with Crippen LogP contribution in [0.4, 0.5) is 15.0 Å². The Hall–Kier alpha value is -2.96. The van der Waals surface area contributed by atoms with E-state index in [2.05, 4.69) is 27.0 Å². The lowest BCUT2D eigenvalue weighted by Gasteiger charge is -2.37. The number of imide groups is 1. The number of alkyl halides is 1. The fourth-order valence-electron chi connectivity index (χ4n) is 5.35. The highest BCUT2D eigenvalue weighted by Crippen LogP contribution is 2.26. The van der Waals surface area contributed by atoms with Gasteiger partial charge in [-0.1, -0.05) is 31.1 Å². The molecular formula is C26H32FN5O3. The van der Waals surface area contributed by atoms with E-state index in [1.807, 2.05) is 12.1 Å². The zero-order valence-corrected chi connectivity index (χ0v) is 19.9. The third kappa shape index (κ3) is 5.65. The van der Waals surface area contributed by atoms with Gasteiger partial charge >= 0.3 is 6.03 Å². The molecule has 2 saturated heterocycles. The number of aromatic nitrogens is 2. The van der Waals surface area contributed by atoms with E-state index >= 15 is 0 Å². The quantitative estimate of drug-likeness (QED) is 0.664. The SMILES string of the molecule is O=C1CCN(c2cnc3cc(C#CCO[C@H]4CCN(CC5CCCCC5)C[C@H]4F)ccn23)C(=O)N1. The summed E-state index contributed by atoms with van der Waals surface area (Å²) in [5.41, 5.74) is 1.40. The number of carbonyl (C=O) groups excluding carboxylic acids is 2. The van der Waals surface area contributed by atoms with Gasteiger partial charge in [-0.15, -0.1) is 0 Å². The molecule has 186 valence electrons. The zero-order valence-electron chi connectivity index (χ0n) is 19.9. The second-order valence-corrected chi connectivity index (χ2v) is 9.73. The van der Waals surface area contributed by atoms with Crippen molar-refractivity contribution in [2.45, 2.75) is 57.2 Å². The number of anilines is 1. The fraction of sp³-hybridized carbons (Fsp3) is 0.577. The van der Waals surface area contributed by atoms with E-state index in [1.165, 1.54) is 37.0 Å². The number of hydrogen-bond donors (Lipinski definition) is 1. The molecule has 8 nitrogen and oxygen atoms in total. The number of amides is 3. The minimum absolute atomic E-state index is 0.181. The third-order valence-electron chi connectivity index (χ3n) is 7.23. The molecule has 35 heavy (non-hydrogen) atoms. The Morgan fingerprint density at radius 3 is 2.83 bits per heavy atom. The minimum atomic E-state index is -0.976. The molecule has 2 aromatic heterocycles. The number of urea groups is 1. The Bertz CT molecular complexity index is 1130. The van der Waals surface area contributed by atoms with E-state index in [0.717, 1.165) is 24.6 Å². The Labute approximate surface area is 204 Å². The van der Waals surface area contributed by atoms with Gasteiger partial charge in [-0.05, 0) is 37.3 Å². The maximum atomic E-state index is 14.7. The number of nitrogens with one attached hydrogen (secondary N) is 1. The summed E-state index contributed by atoms with van der Waals surface area (Å²) in [5.74, 6) is 7.10. The predicted octanol–water partition coefficient (Wildman–Crippen LogP) is 3.14. The van der Waals surface area contributed by atoms with Crippen LogP contribution in [0.15, 0.2) is 24.5 Å². The summed E-state index contributed by atoms with van der Waals surface area (Å²) in [6, 6.07) is 3.21. The molecule has 1 N–H and O–H groups in total. The lowest BCUT2D eigenvalue weighted by atomic mass is 9.88. The number of likely N-dealkylation sites (tertiary alicyclic amines) is 1. The molecule has 5 rings (SSSR count). The predicted molar refractivity (Wildman–Crippen MR) is 130 cm³/mol. The van der Waals surface area contributed by atoms with Crippen molar-refractivity contribution in [2.24, 2.45) is 5.92 Å². The molecule has 0 aromatic carbocycles. The Kier molecular flexibility index (Phi) is 7.30. The summed E-state index contributed by atoms with van der Waals surface area (Å²) in [6.45, 7) is 2.85. The van der Waals surface area contributed by atoms with E-state index in [0.29, 0.717) is 31.0 Å². The van der Waals surface area contributed by atoms with Crippen molar-refractivity contribution in [1.29, 1.82) is 0 Å². The van der Waals surface area contributed by atoms with Gasteiger partial charge in [0.1, 0.15) is 24.2 Å². The number of fused-ring (bicyclic) bond motifs is 1. The van der Waals surface area contributed by atoms with Gasteiger partial charge in [0.2, 0.25) is 5.91 Å². The first-order valence-corrected chi connectivity index (χ1v) is 12.6. The number of halogens is 1. The lowest BCUT2D eigenvalue weighted by Crippen LogP contribution is -2.50. The van der Waals surface area contributed by atoms with Crippen LogP contribution in [0.2, 0.25) is 0 Å². The highest BCUT2D eigenvalue weighted by molar-refractivity contribution is 6.05. The number of nitrogens with zero attached hydrogens (tertiary/aromatic N) is 4. The van der Waals surface area contributed by atoms with E-state index in [9.17, 15) is 14.0 Å². The van der Waals surface area contributed by atoms with E-state index in [1.54, 1.807) is 16.8 Å².